The Kier molecular flexibility index (Phi) is 3.38. The molecular formula is C18H16FN5O. The molecule has 0 spiro atoms. The highest BCUT2D eigenvalue weighted by molar-refractivity contribution is 5.84. The SMILES string of the molecule is Cc1nn2c(nnc3c(=O)n(C(C)C)ccc32)c1-c1ccc(F)cc1. The van der Waals surface area contributed by atoms with Gasteiger partial charge >= 0.3 is 0 Å². The Hall–Kier alpha value is -3.09. The predicted octanol–water partition coefficient (Wildman–Crippen LogP) is 3.13. The number of benzene rings is 1. The van der Waals surface area contributed by atoms with Gasteiger partial charge in [-0.05, 0) is 44.5 Å². The second-order valence-electron chi connectivity index (χ2n) is 6.26. The van der Waals surface area contributed by atoms with Gasteiger partial charge in [-0.15, -0.1) is 10.2 Å². The molecule has 0 aliphatic rings. The zero-order chi connectivity index (χ0) is 17.7. The summed E-state index contributed by atoms with van der Waals surface area (Å²) >= 11 is 0. The molecule has 25 heavy (non-hydrogen) atoms. The van der Waals surface area contributed by atoms with Crippen molar-refractivity contribution in [2.24, 2.45) is 0 Å². The highest BCUT2D eigenvalue weighted by Gasteiger charge is 2.17. The lowest BCUT2D eigenvalue weighted by atomic mass is 10.1. The molecule has 0 aliphatic carbocycles. The number of hydrogen-bond donors (Lipinski definition) is 0. The first-order valence-electron chi connectivity index (χ1n) is 8.00. The average molecular weight is 337 g/mol. The quantitative estimate of drug-likeness (QED) is 0.564. The van der Waals surface area contributed by atoms with E-state index in [0.29, 0.717) is 11.2 Å². The van der Waals surface area contributed by atoms with Crippen LogP contribution in [0.1, 0.15) is 25.6 Å². The van der Waals surface area contributed by atoms with Gasteiger partial charge in [0.25, 0.3) is 5.56 Å². The minimum absolute atomic E-state index is 0.0310. The van der Waals surface area contributed by atoms with E-state index in [1.165, 1.54) is 12.1 Å². The molecule has 3 heterocycles. The Morgan fingerprint density at radius 3 is 2.48 bits per heavy atom. The molecule has 6 nitrogen and oxygen atoms in total. The van der Waals surface area contributed by atoms with Gasteiger partial charge in [-0.1, -0.05) is 12.1 Å². The number of halogens is 1. The molecule has 0 N–H and O–H groups in total. The second kappa shape index (κ2) is 5.47. The number of rotatable bonds is 2. The standard InChI is InChI=1S/C18H16FN5O/c1-10(2)23-9-8-14-16(18(23)25)20-21-17-15(11(3)22-24(14)17)12-4-6-13(19)7-5-12/h4-10H,1-3H3. The van der Waals surface area contributed by atoms with Crippen molar-refractivity contribution in [3.05, 3.63) is 58.4 Å². The van der Waals surface area contributed by atoms with Crippen LogP contribution in [0.4, 0.5) is 4.39 Å². The number of pyridine rings is 1. The zero-order valence-electron chi connectivity index (χ0n) is 14.1. The second-order valence-corrected chi connectivity index (χ2v) is 6.26. The lowest BCUT2D eigenvalue weighted by Gasteiger charge is -2.10. The van der Waals surface area contributed by atoms with Crippen LogP contribution in [0, 0.1) is 12.7 Å². The lowest BCUT2D eigenvalue weighted by Crippen LogP contribution is -2.23. The van der Waals surface area contributed by atoms with Crippen molar-refractivity contribution in [3.63, 3.8) is 0 Å². The van der Waals surface area contributed by atoms with Gasteiger partial charge in [-0.2, -0.15) is 5.10 Å². The molecule has 4 aromatic rings. The fraction of sp³-hybridized carbons (Fsp3) is 0.222. The van der Waals surface area contributed by atoms with E-state index in [9.17, 15) is 9.18 Å². The van der Waals surface area contributed by atoms with E-state index >= 15 is 0 Å². The smallest absolute Gasteiger partial charge is 0.280 e. The maximum atomic E-state index is 13.2. The minimum Gasteiger partial charge on any atom is -0.311 e. The Morgan fingerprint density at radius 1 is 1.08 bits per heavy atom. The van der Waals surface area contributed by atoms with Crippen molar-refractivity contribution in [2.75, 3.05) is 0 Å². The first kappa shape index (κ1) is 15.4. The van der Waals surface area contributed by atoms with Crippen LogP contribution in [0.15, 0.2) is 41.3 Å². The summed E-state index contributed by atoms with van der Waals surface area (Å²) < 4.78 is 16.5. The Balaban J connectivity index is 2.04. The van der Waals surface area contributed by atoms with Gasteiger partial charge in [0, 0.05) is 12.2 Å². The highest BCUT2D eigenvalue weighted by Crippen LogP contribution is 2.28. The highest BCUT2D eigenvalue weighted by atomic mass is 19.1. The lowest BCUT2D eigenvalue weighted by molar-refractivity contribution is 0.581. The fourth-order valence-electron chi connectivity index (χ4n) is 3.03. The van der Waals surface area contributed by atoms with Crippen LogP contribution >= 0.6 is 0 Å². The number of fused-ring (bicyclic) bond motifs is 3. The van der Waals surface area contributed by atoms with Crippen LogP contribution in [-0.4, -0.2) is 24.4 Å². The molecule has 3 aromatic heterocycles. The third-order valence-corrected chi connectivity index (χ3v) is 4.27. The maximum Gasteiger partial charge on any atom is 0.280 e. The van der Waals surface area contributed by atoms with Crippen molar-refractivity contribution < 1.29 is 4.39 Å². The van der Waals surface area contributed by atoms with Gasteiger partial charge < -0.3 is 4.57 Å². The Labute approximate surface area is 142 Å². The van der Waals surface area contributed by atoms with Crippen molar-refractivity contribution in [3.8, 4) is 11.1 Å². The zero-order valence-corrected chi connectivity index (χ0v) is 14.1. The molecule has 0 saturated carbocycles. The fourth-order valence-corrected chi connectivity index (χ4v) is 3.03. The van der Waals surface area contributed by atoms with Crippen LogP contribution in [0.2, 0.25) is 0 Å². The van der Waals surface area contributed by atoms with E-state index in [1.807, 2.05) is 26.8 Å². The Bertz CT molecular complexity index is 1160. The number of hydrogen-bond acceptors (Lipinski definition) is 4. The van der Waals surface area contributed by atoms with Crippen molar-refractivity contribution in [1.29, 1.82) is 0 Å². The molecule has 0 fully saturated rings. The minimum atomic E-state index is -0.302. The number of aromatic nitrogens is 5. The summed E-state index contributed by atoms with van der Waals surface area (Å²) in [6.07, 6.45) is 1.74. The molecule has 0 unspecified atom stereocenters. The normalized spacial score (nSPS) is 11.7. The summed E-state index contributed by atoms with van der Waals surface area (Å²) in [7, 11) is 0. The van der Waals surface area contributed by atoms with Crippen LogP contribution in [0.25, 0.3) is 27.8 Å². The van der Waals surface area contributed by atoms with E-state index in [4.69, 9.17) is 0 Å². The molecule has 7 heteroatoms. The van der Waals surface area contributed by atoms with Crippen molar-refractivity contribution in [1.82, 2.24) is 24.4 Å². The predicted molar refractivity (Wildman–Crippen MR) is 93.1 cm³/mol. The molecular weight excluding hydrogens is 321 g/mol. The molecule has 0 aliphatic heterocycles. The number of nitrogens with zero attached hydrogens (tertiary/aromatic N) is 5. The van der Waals surface area contributed by atoms with Gasteiger partial charge in [-0.25, -0.2) is 8.91 Å². The summed E-state index contributed by atoms with van der Waals surface area (Å²) in [6.45, 7) is 5.72. The van der Waals surface area contributed by atoms with Gasteiger partial charge in [-0.3, -0.25) is 4.79 Å². The molecule has 126 valence electrons. The Morgan fingerprint density at radius 2 is 1.80 bits per heavy atom. The van der Waals surface area contributed by atoms with Gasteiger partial charge in [0.2, 0.25) is 0 Å². The summed E-state index contributed by atoms with van der Waals surface area (Å²) in [6, 6.07) is 8.01. The summed E-state index contributed by atoms with van der Waals surface area (Å²) in [5.74, 6) is -0.302. The molecule has 0 amide bonds. The summed E-state index contributed by atoms with van der Waals surface area (Å²) in [4.78, 5) is 12.6. The first-order valence-corrected chi connectivity index (χ1v) is 8.00. The van der Waals surface area contributed by atoms with E-state index in [0.717, 1.165) is 16.8 Å². The third-order valence-electron chi connectivity index (χ3n) is 4.27. The summed E-state index contributed by atoms with van der Waals surface area (Å²) in [5.41, 5.74) is 3.54. The van der Waals surface area contributed by atoms with E-state index in [2.05, 4.69) is 15.3 Å². The van der Waals surface area contributed by atoms with Gasteiger partial charge in [0.15, 0.2) is 11.2 Å². The van der Waals surface area contributed by atoms with Crippen molar-refractivity contribution >= 4 is 16.7 Å². The molecule has 0 saturated heterocycles. The molecule has 4 rings (SSSR count). The van der Waals surface area contributed by atoms with E-state index in [-0.39, 0.29) is 22.9 Å². The summed E-state index contributed by atoms with van der Waals surface area (Å²) in [5, 5.41) is 12.9. The van der Waals surface area contributed by atoms with E-state index in [1.54, 1.807) is 27.4 Å². The monoisotopic (exact) mass is 337 g/mol. The third kappa shape index (κ3) is 2.31. The van der Waals surface area contributed by atoms with Gasteiger partial charge in [0.1, 0.15) is 11.3 Å². The molecule has 1 aromatic carbocycles. The molecule has 0 atom stereocenters. The van der Waals surface area contributed by atoms with Gasteiger partial charge in [0.05, 0.1) is 11.3 Å². The van der Waals surface area contributed by atoms with Crippen LogP contribution < -0.4 is 5.56 Å². The van der Waals surface area contributed by atoms with Crippen LogP contribution in [-0.2, 0) is 0 Å². The molecule has 0 radical (unpaired) electrons. The largest absolute Gasteiger partial charge is 0.311 e. The first-order chi connectivity index (χ1) is 12.0. The van der Waals surface area contributed by atoms with Crippen molar-refractivity contribution in [2.45, 2.75) is 26.8 Å². The average Bonchev–Trinajstić information content (AvgIpc) is 2.92. The van der Waals surface area contributed by atoms with Crippen LogP contribution in [0.3, 0.4) is 0 Å². The number of aryl methyl sites for hydroxylation is 1. The molecule has 0 bridgehead atoms. The maximum absolute atomic E-state index is 13.2. The van der Waals surface area contributed by atoms with E-state index < -0.39 is 0 Å². The topological polar surface area (TPSA) is 65.1 Å². The van der Waals surface area contributed by atoms with Crippen LogP contribution in [0.5, 0.6) is 0 Å².